The topological polar surface area (TPSA) is 24.1 Å². The first kappa shape index (κ1) is 8.30. The Morgan fingerprint density at radius 1 is 1.36 bits per heavy atom. The average molecular weight is 188 g/mol. The molecule has 0 saturated heterocycles. The fourth-order valence-corrected chi connectivity index (χ4v) is 2.02. The molecule has 74 valence electrons. The van der Waals surface area contributed by atoms with E-state index in [1.807, 2.05) is 0 Å². The molecule has 0 amide bonds. The smallest absolute Gasteiger partial charge is 0.0373 e. The molecule has 1 aromatic carbocycles. The fraction of sp³-hybridized carbons (Fsp3) is 0.500. The third-order valence-electron chi connectivity index (χ3n) is 3.05. The standard InChI is InChI=1S/C12H16N2/c1-4-12-10(5-6-13-12)7-9(1)8-14-11-2-3-11/h1,4,7,11,13-14H,2-3,5-6,8H2. The Morgan fingerprint density at radius 2 is 2.29 bits per heavy atom. The van der Waals surface area contributed by atoms with Gasteiger partial charge < -0.3 is 10.6 Å². The van der Waals surface area contributed by atoms with Crippen LogP contribution < -0.4 is 10.6 Å². The van der Waals surface area contributed by atoms with E-state index in [0.29, 0.717) is 0 Å². The Kier molecular flexibility index (Phi) is 1.95. The molecule has 1 heterocycles. The predicted molar refractivity (Wildman–Crippen MR) is 58.5 cm³/mol. The van der Waals surface area contributed by atoms with E-state index in [1.165, 1.54) is 36.1 Å². The third-order valence-corrected chi connectivity index (χ3v) is 3.05. The molecule has 3 rings (SSSR count). The van der Waals surface area contributed by atoms with Crippen molar-refractivity contribution in [3.8, 4) is 0 Å². The van der Waals surface area contributed by atoms with Gasteiger partial charge in [0.05, 0.1) is 0 Å². The van der Waals surface area contributed by atoms with Gasteiger partial charge >= 0.3 is 0 Å². The molecule has 0 unspecified atom stereocenters. The van der Waals surface area contributed by atoms with Crippen molar-refractivity contribution < 1.29 is 0 Å². The summed E-state index contributed by atoms with van der Waals surface area (Å²) in [4.78, 5) is 0. The maximum Gasteiger partial charge on any atom is 0.0373 e. The van der Waals surface area contributed by atoms with Crippen LogP contribution in [0.3, 0.4) is 0 Å². The number of benzene rings is 1. The van der Waals surface area contributed by atoms with Gasteiger partial charge in [-0.15, -0.1) is 0 Å². The first-order valence-corrected chi connectivity index (χ1v) is 5.51. The average Bonchev–Trinajstić information content (AvgIpc) is 2.92. The van der Waals surface area contributed by atoms with Crippen LogP contribution in [-0.2, 0) is 13.0 Å². The van der Waals surface area contributed by atoms with Gasteiger partial charge in [-0.25, -0.2) is 0 Å². The van der Waals surface area contributed by atoms with Gasteiger partial charge in [-0.05, 0) is 36.5 Å². The molecule has 0 bridgehead atoms. The van der Waals surface area contributed by atoms with E-state index in [-0.39, 0.29) is 0 Å². The first-order chi connectivity index (χ1) is 6.92. The van der Waals surface area contributed by atoms with Crippen molar-refractivity contribution in [2.45, 2.75) is 31.8 Å². The summed E-state index contributed by atoms with van der Waals surface area (Å²) in [6.45, 7) is 2.15. The molecule has 1 aliphatic carbocycles. The molecule has 1 aliphatic heterocycles. The normalized spacial score (nSPS) is 19.1. The van der Waals surface area contributed by atoms with Gasteiger partial charge in [-0.1, -0.05) is 12.1 Å². The SMILES string of the molecule is c1cc2c(cc1CNC1CC1)CCN2. The van der Waals surface area contributed by atoms with Crippen LogP contribution in [0.15, 0.2) is 18.2 Å². The van der Waals surface area contributed by atoms with Crippen molar-refractivity contribution in [2.24, 2.45) is 0 Å². The highest BCUT2D eigenvalue weighted by Gasteiger charge is 2.20. The largest absolute Gasteiger partial charge is 0.384 e. The summed E-state index contributed by atoms with van der Waals surface area (Å²) in [5.41, 5.74) is 4.25. The zero-order chi connectivity index (χ0) is 9.38. The van der Waals surface area contributed by atoms with Crippen molar-refractivity contribution in [2.75, 3.05) is 11.9 Å². The van der Waals surface area contributed by atoms with Crippen LogP contribution in [0.4, 0.5) is 5.69 Å². The van der Waals surface area contributed by atoms with Crippen LogP contribution in [0.2, 0.25) is 0 Å². The van der Waals surface area contributed by atoms with Crippen molar-refractivity contribution in [1.82, 2.24) is 5.32 Å². The van der Waals surface area contributed by atoms with Crippen LogP contribution in [0.5, 0.6) is 0 Å². The van der Waals surface area contributed by atoms with Gasteiger partial charge in [0.25, 0.3) is 0 Å². The third kappa shape index (κ3) is 1.62. The molecule has 2 nitrogen and oxygen atoms in total. The Morgan fingerprint density at radius 3 is 3.14 bits per heavy atom. The number of anilines is 1. The molecule has 0 aromatic heterocycles. The Hall–Kier alpha value is -1.02. The summed E-state index contributed by atoms with van der Waals surface area (Å²) in [7, 11) is 0. The zero-order valence-corrected chi connectivity index (χ0v) is 8.34. The van der Waals surface area contributed by atoms with Crippen molar-refractivity contribution >= 4 is 5.69 Å². The second kappa shape index (κ2) is 3.28. The monoisotopic (exact) mass is 188 g/mol. The highest BCUT2D eigenvalue weighted by atomic mass is 14.9. The zero-order valence-electron chi connectivity index (χ0n) is 8.34. The van der Waals surface area contributed by atoms with E-state index in [1.54, 1.807) is 0 Å². The molecule has 2 N–H and O–H groups in total. The lowest BCUT2D eigenvalue weighted by molar-refractivity contribution is 0.687. The molecule has 1 aromatic rings. The molecule has 2 aliphatic rings. The molecule has 0 atom stereocenters. The molecule has 0 spiro atoms. The quantitative estimate of drug-likeness (QED) is 0.757. The van der Waals surface area contributed by atoms with Crippen LogP contribution in [0, 0.1) is 0 Å². The van der Waals surface area contributed by atoms with Crippen LogP contribution in [0.1, 0.15) is 24.0 Å². The van der Waals surface area contributed by atoms with E-state index in [4.69, 9.17) is 0 Å². The van der Waals surface area contributed by atoms with Crippen LogP contribution in [-0.4, -0.2) is 12.6 Å². The van der Waals surface area contributed by atoms with Crippen LogP contribution >= 0.6 is 0 Å². The summed E-state index contributed by atoms with van der Waals surface area (Å²) in [5, 5.41) is 6.93. The van der Waals surface area contributed by atoms with Gasteiger partial charge in [0.2, 0.25) is 0 Å². The van der Waals surface area contributed by atoms with Crippen molar-refractivity contribution in [1.29, 1.82) is 0 Å². The fourth-order valence-electron chi connectivity index (χ4n) is 2.02. The minimum Gasteiger partial charge on any atom is -0.384 e. The van der Waals surface area contributed by atoms with Crippen molar-refractivity contribution in [3.63, 3.8) is 0 Å². The lowest BCUT2D eigenvalue weighted by atomic mass is 10.1. The van der Waals surface area contributed by atoms with Gasteiger partial charge in [0.1, 0.15) is 0 Å². The van der Waals surface area contributed by atoms with Crippen LogP contribution in [0.25, 0.3) is 0 Å². The van der Waals surface area contributed by atoms with E-state index in [2.05, 4.69) is 28.8 Å². The molecule has 14 heavy (non-hydrogen) atoms. The van der Waals surface area contributed by atoms with E-state index in [9.17, 15) is 0 Å². The summed E-state index contributed by atoms with van der Waals surface area (Å²) in [6.07, 6.45) is 3.92. The van der Waals surface area contributed by atoms with E-state index >= 15 is 0 Å². The lowest BCUT2D eigenvalue weighted by Crippen LogP contribution is -2.15. The van der Waals surface area contributed by atoms with Gasteiger partial charge in [0, 0.05) is 24.8 Å². The number of fused-ring (bicyclic) bond motifs is 1. The Bertz CT molecular complexity index is 342. The number of hydrogen-bond acceptors (Lipinski definition) is 2. The number of rotatable bonds is 3. The van der Waals surface area contributed by atoms with Gasteiger partial charge in [0.15, 0.2) is 0 Å². The highest BCUT2D eigenvalue weighted by molar-refractivity contribution is 5.56. The number of nitrogens with one attached hydrogen (secondary N) is 2. The van der Waals surface area contributed by atoms with E-state index in [0.717, 1.165) is 19.1 Å². The van der Waals surface area contributed by atoms with Gasteiger partial charge in [-0.2, -0.15) is 0 Å². The second-order valence-corrected chi connectivity index (χ2v) is 4.32. The lowest BCUT2D eigenvalue weighted by Gasteiger charge is -2.05. The van der Waals surface area contributed by atoms with E-state index < -0.39 is 0 Å². The van der Waals surface area contributed by atoms with Crippen molar-refractivity contribution in [3.05, 3.63) is 29.3 Å². The summed E-state index contributed by atoms with van der Waals surface area (Å²) in [5.74, 6) is 0. The summed E-state index contributed by atoms with van der Waals surface area (Å²) >= 11 is 0. The molecule has 2 heteroatoms. The maximum atomic E-state index is 3.54. The predicted octanol–water partition coefficient (Wildman–Crippen LogP) is 1.91. The summed E-state index contributed by atoms with van der Waals surface area (Å²) in [6, 6.07) is 7.59. The molecule has 0 radical (unpaired) electrons. The Balaban J connectivity index is 1.71. The minimum absolute atomic E-state index is 0.807. The summed E-state index contributed by atoms with van der Waals surface area (Å²) < 4.78 is 0. The Labute approximate surface area is 84.7 Å². The second-order valence-electron chi connectivity index (χ2n) is 4.32. The maximum absolute atomic E-state index is 3.54. The minimum atomic E-state index is 0.807. The molecular weight excluding hydrogens is 172 g/mol. The molecular formula is C12H16N2. The molecule has 1 saturated carbocycles. The molecule has 1 fully saturated rings. The first-order valence-electron chi connectivity index (χ1n) is 5.51. The highest BCUT2D eigenvalue weighted by Crippen LogP contribution is 2.24. The number of hydrogen-bond donors (Lipinski definition) is 2. The van der Waals surface area contributed by atoms with Gasteiger partial charge in [-0.3, -0.25) is 0 Å².